The van der Waals surface area contributed by atoms with Crippen molar-refractivity contribution in [2.24, 2.45) is 0 Å². The van der Waals surface area contributed by atoms with Crippen LogP contribution in [0.5, 0.6) is 5.75 Å². The Morgan fingerprint density at radius 1 is 1.16 bits per heavy atom. The van der Waals surface area contributed by atoms with Gasteiger partial charge in [-0.25, -0.2) is 0 Å². The molecule has 0 bridgehead atoms. The fourth-order valence-corrected chi connectivity index (χ4v) is 3.34. The molecule has 5 nitrogen and oxygen atoms in total. The van der Waals surface area contributed by atoms with Crippen molar-refractivity contribution >= 4 is 46.2 Å². The third-order valence-corrected chi connectivity index (χ3v) is 4.81. The highest BCUT2D eigenvalue weighted by atomic mass is 32.2. The number of nitrogens with zero attached hydrogens (tertiary/aromatic N) is 1. The molecular weight excluding hydrogens is 356 g/mol. The van der Waals surface area contributed by atoms with E-state index in [1.807, 2.05) is 19.1 Å². The van der Waals surface area contributed by atoms with E-state index in [2.05, 4.69) is 5.43 Å². The number of rotatable bonds is 3. The van der Waals surface area contributed by atoms with Crippen LogP contribution in [0, 0.1) is 6.92 Å². The van der Waals surface area contributed by atoms with Gasteiger partial charge in [-0.1, -0.05) is 41.6 Å². The minimum atomic E-state index is -0.401. The van der Waals surface area contributed by atoms with Gasteiger partial charge in [-0.3, -0.25) is 15.0 Å². The summed E-state index contributed by atoms with van der Waals surface area (Å²) in [7, 11) is 0. The molecule has 2 aromatic rings. The maximum Gasteiger partial charge on any atom is 0.285 e. The first-order valence-electron chi connectivity index (χ1n) is 7.39. The standard InChI is InChI=1S/C18H14N2O3S2/c1-11-2-6-13(7-3-11)16(22)19-20-17(23)15(25-18(20)24)10-12-4-8-14(21)9-5-12/h2-10,21H,1H3,(H,19,22)/b15-10+. The van der Waals surface area contributed by atoms with Gasteiger partial charge in [0, 0.05) is 5.56 Å². The Morgan fingerprint density at radius 3 is 2.44 bits per heavy atom. The number of carbonyl (C=O) groups is 2. The first kappa shape index (κ1) is 17.2. The number of hydrogen-bond donors (Lipinski definition) is 2. The highest BCUT2D eigenvalue weighted by molar-refractivity contribution is 8.26. The van der Waals surface area contributed by atoms with Crippen molar-refractivity contribution in [2.75, 3.05) is 0 Å². The lowest BCUT2D eigenvalue weighted by Gasteiger charge is -2.15. The molecule has 126 valence electrons. The van der Waals surface area contributed by atoms with Crippen LogP contribution in [0.25, 0.3) is 6.08 Å². The van der Waals surface area contributed by atoms with Crippen LogP contribution in [0.15, 0.2) is 53.4 Å². The normalized spacial score (nSPS) is 15.7. The Balaban J connectivity index is 1.76. The molecule has 1 saturated heterocycles. The molecule has 1 heterocycles. The molecule has 1 fully saturated rings. The minimum absolute atomic E-state index is 0.148. The van der Waals surface area contributed by atoms with Crippen molar-refractivity contribution in [1.82, 2.24) is 10.4 Å². The summed E-state index contributed by atoms with van der Waals surface area (Å²) in [6.07, 6.45) is 1.66. The number of benzene rings is 2. The molecule has 25 heavy (non-hydrogen) atoms. The van der Waals surface area contributed by atoms with Gasteiger partial charge in [0.05, 0.1) is 4.91 Å². The molecular formula is C18H14N2O3S2. The Morgan fingerprint density at radius 2 is 1.80 bits per heavy atom. The highest BCUT2D eigenvalue weighted by Crippen LogP contribution is 2.31. The van der Waals surface area contributed by atoms with Crippen molar-refractivity contribution in [1.29, 1.82) is 0 Å². The van der Waals surface area contributed by atoms with Crippen LogP contribution < -0.4 is 5.43 Å². The Kier molecular flexibility index (Phi) is 4.87. The van der Waals surface area contributed by atoms with Crippen molar-refractivity contribution in [3.63, 3.8) is 0 Å². The topological polar surface area (TPSA) is 69.6 Å². The summed E-state index contributed by atoms with van der Waals surface area (Å²) in [6, 6.07) is 13.5. The smallest absolute Gasteiger partial charge is 0.285 e. The van der Waals surface area contributed by atoms with Crippen molar-refractivity contribution in [2.45, 2.75) is 6.92 Å². The van der Waals surface area contributed by atoms with Crippen LogP contribution >= 0.6 is 24.0 Å². The van der Waals surface area contributed by atoms with Crippen LogP contribution in [0.1, 0.15) is 21.5 Å². The third-order valence-electron chi connectivity index (χ3n) is 3.51. The van der Waals surface area contributed by atoms with E-state index in [9.17, 15) is 14.7 Å². The lowest BCUT2D eigenvalue weighted by molar-refractivity contribution is -0.123. The molecule has 1 aliphatic heterocycles. The second-order valence-corrected chi connectivity index (χ2v) is 7.09. The van der Waals surface area contributed by atoms with E-state index >= 15 is 0 Å². The first-order valence-corrected chi connectivity index (χ1v) is 8.61. The molecule has 0 saturated carbocycles. The molecule has 0 aromatic heterocycles. The number of amides is 2. The van der Waals surface area contributed by atoms with Gasteiger partial charge in [-0.05, 0) is 55.0 Å². The van der Waals surface area contributed by atoms with Crippen molar-refractivity contribution < 1.29 is 14.7 Å². The first-order chi connectivity index (χ1) is 11.9. The van der Waals surface area contributed by atoms with E-state index in [4.69, 9.17) is 12.2 Å². The van der Waals surface area contributed by atoms with Gasteiger partial charge >= 0.3 is 0 Å². The van der Waals surface area contributed by atoms with Gasteiger partial charge in [0.15, 0.2) is 4.32 Å². The molecule has 2 amide bonds. The molecule has 1 aliphatic rings. The molecule has 0 spiro atoms. The summed E-state index contributed by atoms with van der Waals surface area (Å²) < 4.78 is 0.260. The van der Waals surface area contributed by atoms with E-state index < -0.39 is 5.91 Å². The summed E-state index contributed by atoms with van der Waals surface area (Å²) in [5.74, 6) is -0.638. The molecule has 0 aliphatic carbocycles. The monoisotopic (exact) mass is 370 g/mol. The lowest BCUT2D eigenvalue weighted by atomic mass is 10.1. The SMILES string of the molecule is Cc1ccc(C(=O)NN2C(=O)/C(=C\c3ccc(O)cc3)SC2=S)cc1. The molecule has 0 radical (unpaired) electrons. The van der Waals surface area contributed by atoms with Gasteiger partial charge in [0.25, 0.3) is 11.8 Å². The van der Waals surface area contributed by atoms with Gasteiger partial charge < -0.3 is 5.11 Å². The van der Waals surface area contributed by atoms with E-state index in [-0.39, 0.29) is 16.0 Å². The number of nitrogens with one attached hydrogen (secondary N) is 1. The number of aryl methyl sites for hydroxylation is 1. The molecule has 3 rings (SSSR count). The van der Waals surface area contributed by atoms with Crippen LogP contribution in [-0.2, 0) is 4.79 Å². The van der Waals surface area contributed by atoms with Crippen LogP contribution in [0.2, 0.25) is 0 Å². The Labute approximate surface area is 154 Å². The number of carbonyl (C=O) groups excluding carboxylic acids is 2. The summed E-state index contributed by atoms with van der Waals surface area (Å²) in [4.78, 5) is 25.2. The molecule has 0 atom stereocenters. The number of thiocarbonyl (C=S) groups is 1. The Hall–Kier alpha value is -2.64. The summed E-state index contributed by atoms with van der Waals surface area (Å²) in [5.41, 5.74) is 4.78. The second kappa shape index (κ2) is 7.08. The number of phenols is 1. The zero-order valence-corrected chi connectivity index (χ0v) is 14.9. The quantitative estimate of drug-likeness (QED) is 0.641. The predicted octanol–water partition coefficient (Wildman–Crippen LogP) is 3.25. The number of hydrazine groups is 1. The molecule has 0 unspecified atom stereocenters. The van der Waals surface area contributed by atoms with E-state index in [0.29, 0.717) is 10.5 Å². The summed E-state index contributed by atoms with van der Waals surface area (Å²) in [5, 5.41) is 10.4. The fraction of sp³-hybridized carbons (Fsp3) is 0.0556. The maximum absolute atomic E-state index is 12.5. The molecule has 7 heteroatoms. The average Bonchev–Trinajstić information content (AvgIpc) is 2.85. The fourth-order valence-electron chi connectivity index (χ4n) is 2.16. The average molecular weight is 370 g/mol. The zero-order valence-electron chi connectivity index (χ0n) is 13.2. The predicted molar refractivity (Wildman–Crippen MR) is 102 cm³/mol. The maximum atomic E-state index is 12.5. The Bertz CT molecular complexity index is 874. The van der Waals surface area contributed by atoms with E-state index in [1.54, 1.807) is 30.3 Å². The number of thioether (sulfide) groups is 1. The number of aromatic hydroxyl groups is 1. The minimum Gasteiger partial charge on any atom is -0.508 e. The van der Waals surface area contributed by atoms with Crippen LogP contribution in [0.4, 0.5) is 0 Å². The van der Waals surface area contributed by atoms with Gasteiger partial charge in [0.1, 0.15) is 5.75 Å². The van der Waals surface area contributed by atoms with Crippen LogP contribution in [0.3, 0.4) is 0 Å². The van der Waals surface area contributed by atoms with E-state index in [1.165, 1.54) is 12.1 Å². The van der Waals surface area contributed by atoms with E-state index in [0.717, 1.165) is 27.9 Å². The number of phenolic OH excluding ortho intramolecular Hbond substituents is 1. The highest BCUT2D eigenvalue weighted by Gasteiger charge is 2.33. The number of hydrogen-bond acceptors (Lipinski definition) is 5. The van der Waals surface area contributed by atoms with Gasteiger partial charge in [0.2, 0.25) is 0 Å². The van der Waals surface area contributed by atoms with Crippen LogP contribution in [-0.4, -0.2) is 26.3 Å². The van der Waals surface area contributed by atoms with Crippen molar-refractivity contribution in [3.05, 3.63) is 70.1 Å². The second-order valence-electron chi connectivity index (χ2n) is 5.42. The molecule has 2 N–H and O–H groups in total. The summed E-state index contributed by atoms with van der Waals surface area (Å²) >= 11 is 6.31. The lowest BCUT2D eigenvalue weighted by Crippen LogP contribution is -2.44. The largest absolute Gasteiger partial charge is 0.508 e. The van der Waals surface area contributed by atoms with Gasteiger partial charge in [-0.2, -0.15) is 5.01 Å². The zero-order chi connectivity index (χ0) is 18.0. The molecule has 2 aromatic carbocycles. The third kappa shape index (κ3) is 3.89. The summed E-state index contributed by atoms with van der Waals surface area (Å²) in [6.45, 7) is 1.93. The van der Waals surface area contributed by atoms with Gasteiger partial charge in [-0.15, -0.1) is 0 Å². The van der Waals surface area contributed by atoms with Crippen molar-refractivity contribution in [3.8, 4) is 5.75 Å².